The van der Waals surface area contributed by atoms with Crippen molar-refractivity contribution >= 4 is 27.4 Å². The number of nitrogens with zero attached hydrogens (tertiary/aromatic N) is 1. The maximum atomic E-state index is 13.5. The Bertz CT molecular complexity index is 1180. The number of rotatable bonds is 5. The van der Waals surface area contributed by atoms with Crippen LogP contribution in [0.2, 0.25) is 0 Å². The normalized spacial score (nSPS) is 21.4. The molecule has 1 heterocycles. The first-order valence-electron chi connectivity index (χ1n) is 10.5. The molecule has 1 amide bonds. The number of sulfonamides is 1. The van der Waals surface area contributed by atoms with Crippen LogP contribution < -0.4 is 10.1 Å². The Balaban J connectivity index is 1.68. The number of methoxy groups -OCH3 is 1. The van der Waals surface area contributed by atoms with E-state index in [1.807, 2.05) is 6.92 Å². The Kier molecular flexibility index (Phi) is 5.92. The Hall–Kier alpha value is -2.97. The molecule has 32 heavy (non-hydrogen) atoms. The van der Waals surface area contributed by atoms with E-state index in [1.54, 1.807) is 62.6 Å². The molecule has 4 rings (SSSR count). The molecule has 1 unspecified atom stereocenters. The van der Waals surface area contributed by atoms with Gasteiger partial charge in [-0.05, 0) is 62.2 Å². The SMILES string of the molecule is COc1ccc(NC(=O)[C@@H]2CC3=C(C)C(=O)CC3CN2S(=O)(=O)c2ccc(C)cc2)cc1. The van der Waals surface area contributed by atoms with E-state index in [4.69, 9.17) is 4.74 Å². The molecule has 0 bridgehead atoms. The van der Waals surface area contributed by atoms with Crippen molar-refractivity contribution in [2.45, 2.75) is 37.6 Å². The minimum Gasteiger partial charge on any atom is -0.497 e. The summed E-state index contributed by atoms with van der Waals surface area (Å²) in [4.78, 5) is 25.7. The van der Waals surface area contributed by atoms with Gasteiger partial charge in [-0.25, -0.2) is 8.42 Å². The van der Waals surface area contributed by atoms with Gasteiger partial charge >= 0.3 is 0 Å². The number of Topliss-reactive ketones (excluding diaryl/α,β-unsaturated/α-hetero) is 1. The van der Waals surface area contributed by atoms with Gasteiger partial charge in [0.05, 0.1) is 12.0 Å². The lowest BCUT2D eigenvalue weighted by Crippen LogP contribution is -2.52. The summed E-state index contributed by atoms with van der Waals surface area (Å²) >= 11 is 0. The molecule has 168 valence electrons. The van der Waals surface area contributed by atoms with E-state index in [2.05, 4.69) is 5.32 Å². The molecule has 1 fully saturated rings. The molecule has 2 aromatic carbocycles. The highest BCUT2D eigenvalue weighted by atomic mass is 32.2. The van der Waals surface area contributed by atoms with Gasteiger partial charge in [-0.15, -0.1) is 0 Å². The van der Waals surface area contributed by atoms with Gasteiger partial charge in [0.25, 0.3) is 0 Å². The molecule has 8 heteroatoms. The number of carbonyl (C=O) groups is 2. The molecule has 0 spiro atoms. The van der Waals surface area contributed by atoms with Gasteiger partial charge in [0.2, 0.25) is 15.9 Å². The fourth-order valence-electron chi connectivity index (χ4n) is 4.37. The quantitative estimate of drug-likeness (QED) is 0.748. The van der Waals surface area contributed by atoms with Crippen LogP contribution in [0.25, 0.3) is 0 Å². The van der Waals surface area contributed by atoms with Crippen LogP contribution in [0.4, 0.5) is 5.69 Å². The number of ketones is 1. The number of benzene rings is 2. The molecule has 2 aliphatic rings. The van der Waals surface area contributed by atoms with E-state index in [0.717, 1.165) is 11.1 Å². The Morgan fingerprint density at radius 2 is 1.69 bits per heavy atom. The molecule has 1 N–H and O–H groups in total. The molecule has 0 aromatic heterocycles. The first kappa shape index (κ1) is 22.2. The molecule has 1 aliphatic heterocycles. The van der Waals surface area contributed by atoms with E-state index >= 15 is 0 Å². The standard InChI is InChI=1S/C24H26N2O5S/c1-15-4-10-20(11-5-15)32(29,30)26-14-17-12-23(27)16(2)21(17)13-22(26)24(28)25-18-6-8-19(31-3)9-7-18/h4-11,17,22H,12-14H2,1-3H3,(H,25,28)/t17?,22-/m0/s1. The zero-order valence-electron chi connectivity index (χ0n) is 18.3. The number of hydrogen-bond acceptors (Lipinski definition) is 5. The largest absolute Gasteiger partial charge is 0.497 e. The molecule has 2 aromatic rings. The minimum absolute atomic E-state index is 0.0221. The van der Waals surface area contributed by atoms with E-state index in [1.165, 1.54) is 4.31 Å². The van der Waals surface area contributed by atoms with Crippen molar-refractivity contribution < 1.29 is 22.7 Å². The van der Waals surface area contributed by atoms with Gasteiger partial charge in [-0.3, -0.25) is 9.59 Å². The predicted octanol–water partition coefficient (Wildman–Crippen LogP) is 3.31. The number of ether oxygens (including phenoxy) is 1. The van der Waals surface area contributed by atoms with Gasteiger partial charge in [0.15, 0.2) is 5.78 Å². The third-order valence-corrected chi connectivity index (χ3v) is 8.16. The molecule has 1 saturated heterocycles. The number of amides is 1. The van der Waals surface area contributed by atoms with Crippen molar-refractivity contribution in [3.8, 4) is 5.75 Å². The van der Waals surface area contributed by atoms with Gasteiger partial charge in [0, 0.05) is 24.6 Å². The van der Waals surface area contributed by atoms with Crippen LogP contribution in [0.1, 0.15) is 25.3 Å². The average molecular weight is 455 g/mol. The van der Waals surface area contributed by atoms with Crippen LogP contribution >= 0.6 is 0 Å². The van der Waals surface area contributed by atoms with Crippen molar-refractivity contribution in [2.24, 2.45) is 5.92 Å². The highest BCUT2D eigenvalue weighted by Gasteiger charge is 2.46. The molecular formula is C24H26N2O5S. The van der Waals surface area contributed by atoms with Crippen molar-refractivity contribution in [2.75, 3.05) is 19.0 Å². The van der Waals surface area contributed by atoms with E-state index < -0.39 is 22.0 Å². The average Bonchev–Trinajstić information content (AvgIpc) is 3.06. The van der Waals surface area contributed by atoms with Crippen LogP contribution in [-0.2, 0) is 19.6 Å². The smallest absolute Gasteiger partial charge is 0.243 e. The fraction of sp³-hybridized carbons (Fsp3) is 0.333. The second-order valence-corrected chi connectivity index (χ2v) is 10.2. The van der Waals surface area contributed by atoms with Crippen molar-refractivity contribution in [3.05, 3.63) is 65.2 Å². The molecule has 7 nitrogen and oxygen atoms in total. The van der Waals surface area contributed by atoms with Gasteiger partial charge in [-0.1, -0.05) is 23.3 Å². The van der Waals surface area contributed by atoms with Crippen molar-refractivity contribution in [1.29, 1.82) is 0 Å². The van der Waals surface area contributed by atoms with Crippen molar-refractivity contribution in [1.82, 2.24) is 4.31 Å². The summed E-state index contributed by atoms with van der Waals surface area (Å²) in [7, 11) is -2.38. The third-order valence-electron chi connectivity index (χ3n) is 6.27. The lowest BCUT2D eigenvalue weighted by atomic mass is 9.89. The van der Waals surface area contributed by atoms with Crippen LogP contribution in [0.15, 0.2) is 64.6 Å². The first-order valence-corrected chi connectivity index (χ1v) is 11.9. The number of hydrogen-bond donors (Lipinski definition) is 1. The zero-order valence-corrected chi connectivity index (χ0v) is 19.1. The second kappa shape index (κ2) is 8.52. The summed E-state index contributed by atoms with van der Waals surface area (Å²) in [6.45, 7) is 3.75. The van der Waals surface area contributed by atoms with Crippen LogP contribution in [0.5, 0.6) is 5.75 Å². The van der Waals surface area contributed by atoms with Crippen LogP contribution in [0, 0.1) is 12.8 Å². The lowest BCUT2D eigenvalue weighted by Gasteiger charge is -2.38. The number of anilines is 1. The predicted molar refractivity (Wildman–Crippen MR) is 121 cm³/mol. The monoisotopic (exact) mass is 454 g/mol. The third kappa shape index (κ3) is 4.08. The zero-order chi connectivity index (χ0) is 23.0. The van der Waals surface area contributed by atoms with Gasteiger partial charge < -0.3 is 10.1 Å². The Labute approximate surface area is 188 Å². The number of fused-ring (bicyclic) bond motifs is 1. The van der Waals surface area contributed by atoms with Gasteiger partial charge in [0.1, 0.15) is 11.8 Å². The number of carbonyl (C=O) groups excluding carboxylic acids is 2. The maximum absolute atomic E-state index is 13.5. The highest BCUT2D eigenvalue weighted by Crippen LogP contribution is 2.40. The summed E-state index contributed by atoms with van der Waals surface area (Å²) in [6, 6.07) is 12.5. The highest BCUT2D eigenvalue weighted by molar-refractivity contribution is 7.89. The summed E-state index contributed by atoms with van der Waals surface area (Å²) in [5.74, 6) is 0.0583. The maximum Gasteiger partial charge on any atom is 0.243 e. The minimum atomic E-state index is -3.93. The molecule has 0 saturated carbocycles. The summed E-state index contributed by atoms with van der Waals surface area (Å²) < 4.78 is 33.5. The van der Waals surface area contributed by atoms with E-state index in [9.17, 15) is 18.0 Å². The summed E-state index contributed by atoms with van der Waals surface area (Å²) in [6.07, 6.45) is 0.489. The molecule has 2 atom stereocenters. The number of allylic oxidation sites excluding steroid dienone is 1. The van der Waals surface area contributed by atoms with Crippen LogP contribution in [0.3, 0.4) is 0 Å². The molecule has 1 aliphatic carbocycles. The lowest BCUT2D eigenvalue weighted by molar-refractivity contribution is -0.120. The van der Waals surface area contributed by atoms with E-state index in [0.29, 0.717) is 17.0 Å². The van der Waals surface area contributed by atoms with Crippen LogP contribution in [-0.4, -0.2) is 44.1 Å². The fourth-order valence-corrected chi connectivity index (χ4v) is 6.00. The first-order chi connectivity index (χ1) is 15.2. The van der Waals surface area contributed by atoms with Crippen molar-refractivity contribution in [3.63, 3.8) is 0 Å². The Morgan fingerprint density at radius 1 is 1.03 bits per heavy atom. The van der Waals surface area contributed by atoms with E-state index in [-0.39, 0.29) is 36.0 Å². The second-order valence-electron chi connectivity index (χ2n) is 8.30. The summed E-state index contributed by atoms with van der Waals surface area (Å²) in [5.41, 5.74) is 3.03. The summed E-state index contributed by atoms with van der Waals surface area (Å²) in [5, 5.41) is 2.82. The number of piperidine rings is 1. The molecular weight excluding hydrogens is 428 g/mol. The topological polar surface area (TPSA) is 92.8 Å². The number of aryl methyl sites for hydroxylation is 1. The Morgan fingerprint density at radius 3 is 2.31 bits per heavy atom. The van der Waals surface area contributed by atoms with Gasteiger partial charge in [-0.2, -0.15) is 4.31 Å². The number of nitrogens with one attached hydrogen (secondary N) is 1. The molecule has 0 radical (unpaired) electrons.